The van der Waals surface area contributed by atoms with Gasteiger partial charge >= 0.3 is 18.4 Å². The summed E-state index contributed by atoms with van der Waals surface area (Å²) >= 11 is 0. The molecule has 20 atom stereocenters. The van der Waals surface area contributed by atoms with Crippen molar-refractivity contribution in [2.45, 2.75) is 201 Å². The number of aliphatic hydroxyl groups excluding tert-OH is 4. The molecular weight excluding hydrogens is 745 g/mol. The second kappa shape index (κ2) is 16.7. The molecule has 4 N–H and O–H groups in total. The van der Waals surface area contributed by atoms with Gasteiger partial charge in [-0.15, -0.1) is 0 Å². The second-order valence-electron chi connectivity index (χ2n) is 23.4. The molecule has 0 aliphatic heterocycles. The van der Waals surface area contributed by atoms with Crippen LogP contribution < -0.4 is 0 Å². The molecule has 8 rings (SSSR count). The summed E-state index contributed by atoms with van der Waals surface area (Å²) in [7, 11) is 1.41. The van der Waals surface area contributed by atoms with Crippen LogP contribution in [0.4, 0.5) is 0 Å². The SMILES string of the molecule is COC(OC(=O)CCC(C)C1CCC2C3CC(O)C4CC(O)CCC4(C)C3CCC12C)OC(=O)CCC(C)C1CCC2C3CC(O)C4CC(O)CCC4(C)C3CCC12C. The van der Waals surface area contributed by atoms with Crippen LogP contribution in [0.15, 0.2) is 0 Å². The summed E-state index contributed by atoms with van der Waals surface area (Å²) in [5.41, 5.74) is 0.610. The Balaban J connectivity index is 0.790. The maximum absolute atomic E-state index is 13.2. The summed E-state index contributed by atoms with van der Waals surface area (Å²) in [5.74, 6) is 4.78. The molecule has 8 aliphatic rings. The van der Waals surface area contributed by atoms with E-state index in [2.05, 4.69) is 41.5 Å². The Labute approximate surface area is 355 Å². The zero-order chi connectivity index (χ0) is 42.2. The van der Waals surface area contributed by atoms with Gasteiger partial charge in [0.05, 0.1) is 24.4 Å². The fraction of sp³-hybridized carbons (Fsp3) is 0.960. The van der Waals surface area contributed by atoms with E-state index in [1.807, 2.05) is 0 Å². The predicted molar refractivity (Wildman–Crippen MR) is 225 cm³/mol. The average Bonchev–Trinajstić information content (AvgIpc) is 3.74. The highest BCUT2D eigenvalue weighted by Gasteiger charge is 2.64. The Bertz CT molecular complexity index is 1410. The van der Waals surface area contributed by atoms with Gasteiger partial charge in [-0.3, -0.25) is 9.59 Å². The number of carbonyl (C=O) groups excluding carboxylic acids is 2. The monoisotopic (exact) mass is 827 g/mol. The first-order chi connectivity index (χ1) is 27.9. The summed E-state index contributed by atoms with van der Waals surface area (Å²) in [6, 6.07) is 0. The van der Waals surface area contributed by atoms with Gasteiger partial charge in [0, 0.05) is 20.0 Å². The molecule has 0 spiro atoms. The molecule has 0 aromatic rings. The van der Waals surface area contributed by atoms with Gasteiger partial charge in [0.1, 0.15) is 0 Å². The lowest BCUT2D eigenvalue weighted by Crippen LogP contribution is -2.58. The molecule has 336 valence electrons. The third-order valence-electron chi connectivity index (χ3n) is 21.1. The Morgan fingerprint density at radius 3 is 1.29 bits per heavy atom. The summed E-state index contributed by atoms with van der Waals surface area (Å²) in [6.45, 7) is 13.0. The third-order valence-corrected chi connectivity index (χ3v) is 21.1. The van der Waals surface area contributed by atoms with Crippen LogP contribution >= 0.6 is 0 Å². The number of fused-ring (bicyclic) bond motifs is 10. The first-order valence-electron chi connectivity index (χ1n) is 24.6. The number of methoxy groups -OCH3 is 1. The topological polar surface area (TPSA) is 143 Å². The minimum absolute atomic E-state index is 0.110. The Morgan fingerprint density at radius 1 is 0.525 bits per heavy atom. The van der Waals surface area contributed by atoms with Crippen molar-refractivity contribution >= 4 is 11.9 Å². The highest BCUT2D eigenvalue weighted by molar-refractivity contribution is 5.71. The van der Waals surface area contributed by atoms with E-state index >= 15 is 0 Å². The molecule has 8 saturated carbocycles. The van der Waals surface area contributed by atoms with E-state index in [9.17, 15) is 30.0 Å². The number of hydrogen-bond donors (Lipinski definition) is 4. The number of esters is 2. The van der Waals surface area contributed by atoms with Crippen LogP contribution in [0.1, 0.15) is 170 Å². The molecule has 0 radical (unpaired) electrons. The number of carbonyl (C=O) groups is 2. The molecule has 0 heterocycles. The lowest BCUT2D eigenvalue weighted by atomic mass is 9.44. The Morgan fingerprint density at radius 2 is 0.898 bits per heavy atom. The number of aliphatic hydroxyl groups is 4. The summed E-state index contributed by atoms with van der Waals surface area (Å²) < 4.78 is 16.5. The van der Waals surface area contributed by atoms with Crippen LogP contribution in [0, 0.1) is 92.7 Å². The summed E-state index contributed by atoms with van der Waals surface area (Å²) in [4.78, 5) is 26.3. The van der Waals surface area contributed by atoms with Gasteiger partial charge in [-0.05, 0) is 208 Å². The molecule has 59 heavy (non-hydrogen) atoms. The van der Waals surface area contributed by atoms with Gasteiger partial charge in [-0.2, -0.15) is 0 Å². The van der Waals surface area contributed by atoms with Crippen molar-refractivity contribution in [1.29, 1.82) is 0 Å². The molecule has 9 nitrogen and oxygen atoms in total. The van der Waals surface area contributed by atoms with E-state index in [4.69, 9.17) is 14.2 Å². The zero-order valence-electron chi connectivity index (χ0n) is 37.8. The average molecular weight is 827 g/mol. The van der Waals surface area contributed by atoms with Crippen LogP contribution in [0.3, 0.4) is 0 Å². The van der Waals surface area contributed by atoms with Crippen LogP contribution in [0.2, 0.25) is 0 Å². The third kappa shape index (κ3) is 7.68. The highest BCUT2D eigenvalue weighted by atomic mass is 16.9. The van der Waals surface area contributed by atoms with Crippen molar-refractivity contribution < 1.29 is 44.2 Å². The van der Waals surface area contributed by atoms with Crippen molar-refractivity contribution in [3.63, 3.8) is 0 Å². The van der Waals surface area contributed by atoms with Crippen molar-refractivity contribution in [3.8, 4) is 0 Å². The number of hydrogen-bond acceptors (Lipinski definition) is 9. The van der Waals surface area contributed by atoms with Gasteiger partial charge in [0.15, 0.2) is 0 Å². The molecule has 8 fully saturated rings. The lowest BCUT2D eigenvalue weighted by molar-refractivity contribution is -0.257. The van der Waals surface area contributed by atoms with Crippen molar-refractivity contribution in [1.82, 2.24) is 0 Å². The molecule has 0 aromatic heterocycles. The molecule has 8 aliphatic carbocycles. The largest absolute Gasteiger partial charge is 0.400 e. The summed E-state index contributed by atoms with van der Waals surface area (Å²) in [5, 5.41) is 43.7. The standard InChI is InChI=1S/C50H82O9/c1-28(34-10-12-36-32-26-42(53)40-24-30(51)16-20-49(40,5)38(32)18-22-47(34,36)3)8-14-44(55)58-46(57-7)59-45(56)15-9-29(2)35-11-13-37-33-27-43(54)41-25-31(52)17-21-50(41,6)39(33)19-23-48(35,37)4/h28-43,46,51-54H,8-27H2,1-7H3. The molecule has 0 amide bonds. The van der Waals surface area contributed by atoms with Gasteiger partial charge in [-0.25, -0.2) is 0 Å². The maximum Gasteiger partial charge on any atom is 0.364 e. The van der Waals surface area contributed by atoms with Crippen LogP contribution in [0.5, 0.6) is 0 Å². The second-order valence-corrected chi connectivity index (χ2v) is 23.4. The van der Waals surface area contributed by atoms with Crippen molar-refractivity contribution in [2.24, 2.45) is 92.7 Å². The van der Waals surface area contributed by atoms with E-state index in [0.29, 0.717) is 72.0 Å². The van der Waals surface area contributed by atoms with Crippen molar-refractivity contribution in [2.75, 3.05) is 7.11 Å². The minimum Gasteiger partial charge on any atom is -0.400 e. The van der Waals surface area contributed by atoms with Crippen molar-refractivity contribution in [3.05, 3.63) is 0 Å². The first kappa shape index (κ1) is 44.4. The molecule has 20 unspecified atom stereocenters. The van der Waals surface area contributed by atoms with Gasteiger partial charge in [0.2, 0.25) is 0 Å². The van der Waals surface area contributed by atoms with E-state index in [1.54, 1.807) is 0 Å². The number of rotatable bonds is 11. The number of ether oxygens (including phenoxy) is 3. The van der Waals surface area contributed by atoms with E-state index in [1.165, 1.54) is 45.6 Å². The van der Waals surface area contributed by atoms with E-state index in [0.717, 1.165) is 64.2 Å². The highest BCUT2D eigenvalue weighted by Crippen LogP contribution is 2.70. The predicted octanol–water partition coefficient (Wildman–Crippen LogP) is 8.82. The van der Waals surface area contributed by atoms with Gasteiger partial charge in [-0.1, -0.05) is 41.5 Å². The fourth-order valence-electron chi connectivity index (χ4n) is 18.1. The molecule has 9 heteroatoms. The lowest BCUT2D eigenvalue weighted by Gasteiger charge is -2.62. The molecule has 0 bridgehead atoms. The molecular formula is C50H82O9. The smallest absolute Gasteiger partial charge is 0.364 e. The van der Waals surface area contributed by atoms with E-state index in [-0.39, 0.29) is 70.8 Å². The Kier molecular flexibility index (Phi) is 12.6. The van der Waals surface area contributed by atoms with Crippen LogP contribution in [-0.4, -0.2) is 70.4 Å². The molecule has 0 aromatic carbocycles. The first-order valence-corrected chi connectivity index (χ1v) is 24.6. The Hall–Kier alpha value is -1.26. The van der Waals surface area contributed by atoms with Gasteiger partial charge in [0.25, 0.3) is 0 Å². The molecule has 0 saturated heterocycles. The summed E-state index contributed by atoms with van der Waals surface area (Å²) in [6.07, 6.45) is 17.1. The van der Waals surface area contributed by atoms with Gasteiger partial charge < -0.3 is 34.6 Å². The zero-order valence-corrected chi connectivity index (χ0v) is 37.8. The maximum atomic E-state index is 13.2. The van der Waals surface area contributed by atoms with E-state index < -0.39 is 18.4 Å². The quantitative estimate of drug-likeness (QED) is 0.119. The fourth-order valence-corrected chi connectivity index (χ4v) is 18.1. The minimum atomic E-state index is -1.35. The normalized spacial score (nSPS) is 50.4. The van der Waals surface area contributed by atoms with Crippen LogP contribution in [0.25, 0.3) is 0 Å². The van der Waals surface area contributed by atoms with Crippen LogP contribution in [-0.2, 0) is 23.8 Å².